The van der Waals surface area contributed by atoms with Gasteiger partial charge in [0, 0.05) is 18.6 Å². The van der Waals surface area contributed by atoms with Crippen molar-refractivity contribution < 1.29 is 0 Å². The van der Waals surface area contributed by atoms with Crippen molar-refractivity contribution in [2.75, 3.05) is 13.1 Å². The van der Waals surface area contributed by atoms with E-state index in [2.05, 4.69) is 23.1 Å². The van der Waals surface area contributed by atoms with Crippen LogP contribution in [0.3, 0.4) is 0 Å². The Morgan fingerprint density at radius 1 is 1.47 bits per heavy atom. The number of nitrogens with one attached hydrogen (secondary N) is 1. The summed E-state index contributed by atoms with van der Waals surface area (Å²) in [4.78, 5) is 2.56. The smallest absolute Gasteiger partial charge is 0.0712 e. The minimum Gasteiger partial charge on any atom is -0.313 e. The summed E-state index contributed by atoms with van der Waals surface area (Å²) in [7, 11) is 0. The van der Waals surface area contributed by atoms with Crippen molar-refractivity contribution in [2.24, 2.45) is 0 Å². The van der Waals surface area contributed by atoms with Gasteiger partial charge in [0.15, 0.2) is 0 Å². The monoisotopic (exact) mass is 206 g/mol. The van der Waals surface area contributed by atoms with Crippen LogP contribution in [0.5, 0.6) is 0 Å². The molecule has 0 aromatic rings. The second-order valence-corrected chi connectivity index (χ2v) is 4.81. The molecule has 1 aliphatic heterocycles. The van der Waals surface area contributed by atoms with E-state index in [0.29, 0.717) is 12.1 Å². The molecule has 1 heterocycles. The zero-order valence-electron chi connectivity index (χ0n) is 9.71. The second kappa shape index (κ2) is 5.01. The standard InChI is InChI=1S/C13H22N2/c1-3-12(4-2)15(13-7-8-13)10-11-6-5-9-14-11/h1,11-14H,4-10H2,2H3. The van der Waals surface area contributed by atoms with Gasteiger partial charge in [0.1, 0.15) is 0 Å². The van der Waals surface area contributed by atoms with Crippen LogP contribution in [0.15, 0.2) is 0 Å². The number of hydrogen-bond acceptors (Lipinski definition) is 2. The molecule has 15 heavy (non-hydrogen) atoms. The Labute approximate surface area is 93.4 Å². The summed E-state index contributed by atoms with van der Waals surface area (Å²) in [5, 5.41) is 3.56. The fourth-order valence-corrected chi connectivity index (χ4v) is 2.55. The molecule has 1 saturated heterocycles. The highest BCUT2D eigenvalue weighted by Gasteiger charge is 2.34. The Morgan fingerprint density at radius 2 is 2.27 bits per heavy atom. The number of terminal acetylenes is 1. The van der Waals surface area contributed by atoms with E-state index in [4.69, 9.17) is 6.42 Å². The normalized spacial score (nSPS) is 27.9. The van der Waals surface area contributed by atoms with E-state index in [1.807, 2.05) is 0 Å². The molecule has 0 amide bonds. The average Bonchev–Trinajstić information content (AvgIpc) is 2.97. The fourth-order valence-electron chi connectivity index (χ4n) is 2.55. The van der Waals surface area contributed by atoms with Crippen LogP contribution in [0.2, 0.25) is 0 Å². The number of nitrogens with zero attached hydrogens (tertiary/aromatic N) is 1. The van der Waals surface area contributed by atoms with E-state index >= 15 is 0 Å². The molecule has 1 saturated carbocycles. The lowest BCUT2D eigenvalue weighted by Crippen LogP contribution is -2.44. The summed E-state index contributed by atoms with van der Waals surface area (Å²) >= 11 is 0. The van der Waals surface area contributed by atoms with E-state index < -0.39 is 0 Å². The molecule has 0 radical (unpaired) electrons. The first kappa shape index (κ1) is 11.0. The molecule has 2 nitrogen and oxygen atoms in total. The maximum absolute atomic E-state index is 5.61. The third-order valence-electron chi connectivity index (χ3n) is 3.59. The predicted molar refractivity (Wildman–Crippen MR) is 63.7 cm³/mol. The highest BCUT2D eigenvalue weighted by molar-refractivity contribution is 5.04. The van der Waals surface area contributed by atoms with Crippen LogP contribution in [0, 0.1) is 12.3 Å². The first-order chi connectivity index (χ1) is 7.35. The quantitative estimate of drug-likeness (QED) is 0.688. The molecule has 0 bridgehead atoms. The third kappa shape index (κ3) is 2.74. The maximum Gasteiger partial charge on any atom is 0.0712 e. The molecule has 2 unspecified atom stereocenters. The van der Waals surface area contributed by atoms with Crippen LogP contribution >= 0.6 is 0 Å². The molecule has 0 aromatic heterocycles. The van der Waals surface area contributed by atoms with Gasteiger partial charge in [0.25, 0.3) is 0 Å². The van der Waals surface area contributed by atoms with Gasteiger partial charge < -0.3 is 5.32 Å². The zero-order chi connectivity index (χ0) is 10.7. The summed E-state index contributed by atoms with van der Waals surface area (Å²) in [5.74, 6) is 2.95. The molecule has 84 valence electrons. The van der Waals surface area contributed by atoms with Gasteiger partial charge in [-0.3, -0.25) is 4.90 Å². The van der Waals surface area contributed by atoms with Gasteiger partial charge >= 0.3 is 0 Å². The summed E-state index contributed by atoms with van der Waals surface area (Å²) in [6.45, 7) is 4.55. The van der Waals surface area contributed by atoms with Crippen molar-refractivity contribution in [1.82, 2.24) is 10.2 Å². The molecule has 2 aliphatic rings. The molecule has 0 aromatic carbocycles. The van der Waals surface area contributed by atoms with Gasteiger partial charge in [0.05, 0.1) is 6.04 Å². The molecule has 1 N–H and O–H groups in total. The second-order valence-electron chi connectivity index (χ2n) is 4.81. The fraction of sp³-hybridized carbons (Fsp3) is 0.846. The SMILES string of the molecule is C#CC(CC)N(CC1CCCN1)C1CC1. The van der Waals surface area contributed by atoms with E-state index in [0.717, 1.165) is 19.0 Å². The highest BCUT2D eigenvalue weighted by Crippen LogP contribution is 2.30. The van der Waals surface area contributed by atoms with E-state index in [9.17, 15) is 0 Å². The summed E-state index contributed by atoms with van der Waals surface area (Å²) in [6.07, 6.45) is 12.1. The largest absolute Gasteiger partial charge is 0.313 e. The Bertz CT molecular complexity index is 233. The van der Waals surface area contributed by atoms with E-state index in [-0.39, 0.29) is 0 Å². The summed E-state index contributed by atoms with van der Waals surface area (Å²) in [5.41, 5.74) is 0. The van der Waals surface area contributed by atoms with Crippen LogP contribution in [0.1, 0.15) is 39.0 Å². The minimum atomic E-state index is 0.361. The first-order valence-electron chi connectivity index (χ1n) is 6.30. The Kier molecular flexibility index (Phi) is 3.66. The van der Waals surface area contributed by atoms with Gasteiger partial charge in [-0.15, -0.1) is 6.42 Å². The van der Waals surface area contributed by atoms with Gasteiger partial charge in [0.2, 0.25) is 0 Å². The van der Waals surface area contributed by atoms with Crippen molar-refractivity contribution in [3.05, 3.63) is 0 Å². The zero-order valence-corrected chi connectivity index (χ0v) is 9.71. The van der Waals surface area contributed by atoms with Crippen molar-refractivity contribution in [1.29, 1.82) is 0 Å². The van der Waals surface area contributed by atoms with Crippen molar-refractivity contribution in [2.45, 2.75) is 57.2 Å². The lowest BCUT2D eigenvalue weighted by molar-refractivity contribution is 0.201. The molecular formula is C13H22N2. The highest BCUT2D eigenvalue weighted by atomic mass is 15.2. The molecule has 2 heteroatoms. The average molecular weight is 206 g/mol. The van der Waals surface area contributed by atoms with Crippen molar-refractivity contribution in [3.63, 3.8) is 0 Å². The van der Waals surface area contributed by atoms with Crippen molar-refractivity contribution >= 4 is 0 Å². The first-order valence-corrected chi connectivity index (χ1v) is 6.30. The maximum atomic E-state index is 5.61. The lowest BCUT2D eigenvalue weighted by Gasteiger charge is -2.30. The molecule has 0 spiro atoms. The number of hydrogen-bond donors (Lipinski definition) is 1. The minimum absolute atomic E-state index is 0.361. The Balaban J connectivity index is 1.90. The topological polar surface area (TPSA) is 15.3 Å². The molecule has 1 aliphatic carbocycles. The van der Waals surface area contributed by atoms with Gasteiger partial charge in [-0.2, -0.15) is 0 Å². The van der Waals surface area contributed by atoms with Crippen LogP contribution < -0.4 is 5.32 Å². The lowest BCUT2D eigenvalue weighted by atomic mass is 10.1. The third-order valence-corrected chi connectivity index (χ3v) is 3.59. The Morgan fingerprint density at radius 3 is 2.73 bits per heavy atom. The summed E-state index contributed by atoms with van der Waals surface area (Å²) in [6, 6.07) is 1.83. The van der Waals surface area contributed by atoms with Gasteiger partial charge in [-0.05, 0) is 38.6 Å². The van der Waals surface area contributed by atoms with Crippen LogP contribution in [0.25, 0.3) is 0 Å². The molecule has 2 rings (SSSR count). The van der Waals surface area contributed by atoms with E-state index in [1.54, 1.807) is 0 Å². The van der Waals surface area contributed by atoms with Crippen LogP contribution in [0.4, 0.5) is 0 Å². The van der Waals surface area contributed by atoms with Crippen LogP contribution in [-0.2, 0) is 0 Å². The predicted octanol–water partition coefficient (Wildman–Crippen LogP) is 1.61. The molecule has 2 atom stereocenters. The molecule has 2 fully saturated rings. The molecular weight excluding hydrogens is 184 g/mol. The van der Waals surface area contributed by atoms with Gasteiger partial charge in [-0.25, -0.2) is 0 Å². The van der Waals surface area contributed by atoms with Crippen molar-refractivity contribution in [3.8, 4) is 12.3 Å². The van der Waals surface area contributed by atoms with Gasteiger partial charge in [-0.1, -0.05) is 12.8 Å². The number of rotatable bonds is 5. The van der Waals surface area contributed by atoms with E-state index in [1.165, 1.54) is 32.2 Å². The summed E-state index contributed by atoms with van der Waals surface area (Å²) < 4.78 is 0. The Hall–Kier alpha value is -0.520. The van der Waals surface area contributed by atoms with Crippen LogP contribution in [-0.4, -0.2) is 36.1 Å².